The first-order valence-corrected chi connectivity index (χ1v) is 11.9. The van der Waals surface area contributed by atoms with Gasteiger partial charge in [-0.3, -0.25) is 9.98 Å². The average molecular weight is 431 g/mol. The molecule has 32 heavy (non-hydrogen) atoms. The van der Waals surface area contributed by atoms with Crippen molar-refractivity contribution in [2.24, 2.45) is 9.98 Å². The fourth-order valence-electron chi connectivity index (χ4n) is 4.93. The number of hydrogen-bond acceptors (Lipinski definition) is 6. The van der Waals surface area contributed by atoms with E-state index in [1.807, 2.05) is 0 Å². The fraction of sp³-hybridized carbons (Fsp3) is 0.462. The number of anilines is 2. The average Bonchev–Trinajstić information content (AvgIpc) is 2.85. The van der Waals surface area contributed by atoms with Gasteiger partial charge < -0.3 is 19.6 Å². The van der Waals surface area contributed by atoms with Crippen LogP contribution in [-0.2, 0) is 0 Å². The minimum atomic E-state index is 0.940. The SMILES string of the molecule is CN1CCCN=C1c1ccc(N2CCN(c3ccc(C4=NCCCN4C)cc3)CC2)cc1. The van der Waals surface area contributed by atoms with Gasteiger partial charge >= 0.3 is 0 Å². The summed E-state index contributed by atoms with van der Waals surface area (Å²) in [5, 5.41) is 0. The molecular formula is C26H34N6. The summed E-state index contributed by atoms with van der Waals surface area (Å²) in [5.74, 6) is 2.25. The zero-order valence-electron chi connectivity index (χ0n) is 19.4. The molecule has 6 heteroatoms. The van der Waals surface area contributed by atoms with Gasteiger partial charge in [0.2, 0.25) is 0 Å². The molecule has 168 valence electrons. The normalized spacial score (nSPS) is 19.7. The Bertz CT molecular complexity index is 889. The van der Waals surface area contributed by atoms with Crippen molar-refractivity contribution in [1.82, 2.24) is 9.80 Å². The molecular weight excluding hydrogens is 396 g/mol. The van der Waals surface area contributed by atoms with Gasteiger partial charge in [-0.15, -0.1) is 0 Å². The van der Waals surface area contributed by atoms with Gasteiger partial charge in [0.25, 0.3) is 0 Å². The second-order valence-electron chi connectivity index (χ2n) is 9.03. The predicted molar refractivity (Wildman–Crippen MR) is 135 cm³/mol. The molecule has 6 nitrogen and oxygen atoms in total. The zero-order valence-corrected chi connectivity index (χ0v) is 19.4. The molecule has 0 aliphatic carbocycles. The van der Waals surface area contributed by atoms with Crippen molar-refractivity contribution in [1.29, 1.82) is 0 Å². The van der Waals surface area contributed by atoms with Crippen LogP contribution in [0.3, 0.4) is 0 Å². The lowest BCUT2D eigenvalue weighted by atomic mass is 10.1. The summed E-state index contributed by atoms with van der Waals surface area (Å²) >= 11 is 0. The minimum absolute atomic E-state index is 0.940. The van der Waals surface area contributed by atoms with Crippen LogP contribution < -0.4 is 9.80 Å². The number of benzene rings is 2. The lowest BCUT2D eigenvalue weighted by Crippen LogP contribution is -2.46. The van der Waals surface area contributed by atoms with E-state index in [4.69, 9.17) is 9.98 Å². The highest BCUT2D eigenvalue weighted by molar-refractivity contribution is 5.99. The minimum Gasteiger partial charge on any atom is -0.368 e. The largest absolute Gasteiger partial charge is 0.368 e. The molecule has 0 saturated carbocycles. The summed E-state index contributed by atoms with van der Waals surface area (Å²) in [6.45, 7) is 8.22. The molecule has 0 atom stereocenters. The Morgan fingerprint density at radius 2 is 0.906 bits per heavy atom. The third-order valence-electron chi connectivity index (χ3n) is 6.81. The van der Waals surface area contributed by atoms with Gasteiger partial charge in [-0.1, -0.05) is 0 Å². The van der Waals surface area contributed by atoms with E-state index in [1.165, 1.54) is 22.5 Å². The van der Waals surface area contributed by atoms with Crippen LogP contribution in [0, 0.1) is 0 Å². The van der Waals surface area contributed by atoms with Crippen molar-refractivity contribution < 1.29 is 0 Å². The van der Waals surface area contributed by atoms with Crippen LogP contribution in [0.2, 0.25) is 0 Å². The van der Waals surface area contributed by atoms with Crippen LogP contribution in [0.4, 0.5) is 11.4 Å². The summed E-state index contributed by atoms with van der Waals surface area (Å²) in [7, 11) is 4.27. The van der Waals surface area contributed by atoms with Gasteiger partial charge in [-0.2, -0.15) is 0 Å². The highest BCUT2D eigenvalue weighted by atomic mass is 15.3. The lowest BCUT2D eigenvalue weighted by Gasteiger charge is -2.37. The molecule has 0 bridgehead atoms. The van der Waals surface area contributed by atoms with E-state index in [9.17, 15) is 0 Å². The Morgan fingerprint density at radius 1 is 0.531 bits per heavy atom. The predicted octanol–water partition coefficient (Wildman–Crippen LogP) is 3.18. The monoisotopic (exact) mass is 430 g/mol. The molecule has 0 unspecified atom stereocenters. The summed E-state index contributed by atoms with van der Waals surface area (Å²) < 4.78 is 0. The van der Waals surface area contributed by atoms with E-state index >= 15 is 0 Å². The molecule has 1 fully saturated rings. The first-order chi connectivity index (χ1) is 15.7. The summed E-state index contributed by atoms with van der Waals surface area (Å²) in [6, 6.07) is 17.9. The van der Waals surface area contributed by atoms with Crippen molar-refractivity contribution in [3.8, 4) is 0 Å². The number of rotatable bonds is 4. The molecule has 2 aromatic carbocycles. The molecule has 3 aliphatic heterocycles. The number of nitrogens with zero attached hydrogens (tertiary/aromatic N) is 6. The zero-order chi connectivity index (χ0) is 21.9. The topological polar surface area (TPSA) is 37.7 Å². The smallest absolute Gasteiger partial charge is 0.130 e. The van der Waals surface area contributed by atoms with Crippen LogP contribution >= 0.6 is 0 Å². The molecule has 0 aromatic heterocycles. The van der Waals surface area contributed by atoms with Crippen LogP contribution in [0.25, 0.3) is 0 Å². The maximum absolute atomic E-state index is 4.72. The van der Waals surface area contributed by atoms with Crippen LogP contribution in [-0.4, -0.2) is 87.9 Å². The molecule has 0 spiro atoms. The molecule has 1 saturated heterocycles. The van der Waals surface area contributed by atoms with Crippen molar-refractivity contribution in [2.45, 2.75) is 12.8 Å². The van der Waals surface area contributed by atoms with E-state index in [2.05, 4.69) is 82.2 Å². The molecule has 0 radical (unpaired) electrons. The Kier molecular flexibility index (Phi) is 6.02. The number of hydrogen-bond donors (Lipinski definition) is 0. The maximum Gasteiger partial charge on any atom is 0.130 e. The van der Waals surface area contributed by atoms with Crippen molar-refractivity contribution >= 4 is 23.0 Å². The quantitative estimate of drug-likeness (QED) is 0.747. The molecule has 0 amide bonds. The third kappa shape index (κ3) is 4.31. The Labute approximate surface area is 191 Å². The van der Waals surface area contributed by atoms with E-state index in [0.717, 1.165) is 76.9 Å². The second kappa shape index (κ2) is 9.23. The van der Waals surface area contributed by atoms with E-state index in [1.54, 1.807) is 0 Å². The Morgan fingerprint density at radius 3 is 1.25 bits per heavy atom. The fourth-order valence-corrected chi connectivity index (χ4v) is 4.93. The van der Waals surface area contributed by atoms with Gasteiger partial charge in [0.15, 0.2) is 0 Å². The summed E-state index contributed by atoms with van der Waals surface area (Å²) in [4.78, 5) is 19.0. The lowest BCUT2D eigenvalue weighted by molar-refractivity contribution is 0.468. The van der Waals surface area contributed by atoms with Gasteiger partial charge in [0.05, 0.1) is 0 Å². The third-order valence-corrected chi connectivity index (χ3v) is 6.81. The number of amidine groups is 2. The molecule has 3 aliphatic rings. The van der Waals surface area contributed by atoms with E-state index in [0.29, 0.717) is 0 Å². The van der Waals surface area contributed by atoms with Gasteiger partial charge in [0.1, 0.15) is 11.7 Å². The maximum atomic E-state index is 4.72. The molecule has 0 N–H and O–H groups in total. The van der Waals surface area contributed by atoms with Gasteiger partial charge in [-0.25, -0.2) is 0 Å². The standard InChI is InChI=1S/C26H34N6/c1-29-15-3-13-27-25(29)21-5-9-23(10-6-21)31-17-19-32(20-18-31)24-11-7-22(8-12-24)26-28-14-4-16-30(26)2/h5-12H,3-4,13-20H2,1-2H3. The summed E-state index contributed by atoms with van der Waals surface area (Å²) in [5.41, 5.74) is 5.06. The first-order valence-electron chi connectivity index (χ1n) is 11.9. The number of piperazine rings is 1. The van der Waals surface area contributed by atoms with Gasteiger partial charge in [0, 0.05) is 89.0 Å². The van der Waals surface area contributed by atoms with E-state index < -0.39 is 0 Å². The first kappa shape index (κ1) is 20.9. The highest BCUT2D eigenvalue weighted by Crippen LogP contribution is 2.23. The number of aliphatic imine (C=N–C) groups is 2. The van der Waals surface area contributed by atoms with Crippen molar-refractivity contribution in [3.05, 3.63) is 59.7 Å². The second-order valence-corrected chi connectivity index (χ2v) is 9.03. The Hall–Kier alpha value is -3.02. The van der Waals surface area contributed by atoms with E-state index in [-0.39, 0.29) is 0 Å². The molecule has 5 rings (SSSR count). The van der Waals surface area contributed by atoms with Crippen LogP contribution in [0.15, 0.2) is 58.5 Å². The Balaban J connectivity index is 1.20. The molecule has 2 aromatic rings. The highest BCUT2D eigenvalue weighted by Gasteiger charge is 2.19. The van der Waals surface area contributed by atoms with Crippen LogP contribution in [0.5, 0.6) is 0 Å². The van der Waals surface area contributed by atoms with Crippen molar-refractivity contribution in [3.63, 3.8) is 0 Å². The molecule has 3 heterocycles. The summed E-state index contributed by atoms with van der Waals surface area (Å²) in [6.07, 6.45) is 2.30. The van der Waals surface area contributed by atoms with Crippen LogP contribution in [0.1, 0.15) is 24.0 Å². The van der Waals surface area contributed by atoms with Gasteiger partial charge in [-0.05, 0) is 61.4 Å². The van der Waals surface area contributed by atoms with Crippen molar-refractivity contribution in [2.75, 3.05) is 76.3 Å².